The van der Waals surface area contributed by atoms with Gasteiger partial charge in [-0.2, -0.15) is 0 Å². The molecule has 0 bridgehead atoms. The normalized spacial score (nSPS) is 21.8. The number of nitrogens with two attached hydrogens (primary N) is 1. The average Bonchev–Trinajstić information content (AvgIpc) is 2.43. The van der Waals surface area contributed by atoms with E-state index in [1.807, 2.05) is 0 Å². The Hall–Kier alpha value is -1.70. The summed E-state index contributed by atoms with van der Waals surface area (Å²) in [5, 5.41) is 14.1. The molecule has 0 heterocycles. The summed E-state index contributed by atoms with van der Waals surface area (Å²) in [4.78, 5) is 21.5. The maximum absolute atomic E-state index is 13.4. The molecule has 1 fully saturated rings. The summed E-state index contributed by atoms with van der Waals surface area (Å²) < 4.78 is 13.6. The first kappa shape index (κ1) is 15.7. The molecule has 0 radical (unpaired) electrons. The third-order valence-corrected chi connectivity index (χ3v) is 4.33. The third-order valence-electron chi connectivity index (χ3n) is 3.72. The molecular weight excluding hydrogens is 345 g/mol. The standard InChI is InChI=1S/C13H15BrFN3O3/c14-9-5-11(12(18(20)21)6-10(9)15)17-8-3-1-7(2-4-8)13(16)19/h5-8,17H,1-4H2,(H2,16,19). The van der Waals surface area contributed by atoms with Gasteiger partial charge >= 0.3 is 0 Å². The zero-order chi connectivity index (χ0) is 15.6. The van der Waals surface area contributed by atoms with E-state index in [4.69, 9.17) is 5.73 Å². The van der Waals surface area contributed by atoms with Gasteiger partial charge in [0.1, 0.15) is 11.5 Å². The van der Waals surface area contributed by atoms with Crippen LogP contribution < -0.4 is 11.1 Å². The largest absolute Gasteiger partial charge is 0.377 e. The van der Waals surface area contributed by atoms with Gasteiger partial charge in [0.2, 0.25) is 5.91 Å². The summed E-state index contributed by atoms with van der Waals surface area (Å²) in [7, 11) is 0. The first-order valence-electron chi connectivity index (χ1n) is 6.57. The number of amides is 1. The first-order chi connectivity index (χ1) is 9.88. The lowest BCUT2D eigenvalue weighted by molar-refractivity contribution is -0.384. The van der Waals surface area contributed by atoms with Gasteiger partial charge in [-0.25, -0.2) is 4.39 Å². The summed E-state index contributed by atoms with van der Waals surface area (Å²) in [6.07, 6.45) is 2.70. The third kappa shape index (κ3) is 3.69. The number of rotatable bonds is 4. The minimum absolute atomic E-state index is 0.0108. The molecule has 8 heteroatoms. The van der Waals surface area contributed by atoms with Crippen molar-refractivity contribution in [2.24, 2.45) is 11.7 Å². The number of nitro groups is 1. The van der Waals surface area contributed by atoms with Crippen molar-refractivity contribution in [2.45, 2.75) is 31.7 Å². The van der Waals surface area contributed by atoms with E-state index in [1.54, 1.807) is 0 Å². The number of primary amides is 1. The van der Waals surface area contributed by atoms with Crippen molar-refractivity contribution in [3.8, 4) is 0 Å². The Bertz CT molecular complexity index is 574. The highest BCUT2D eigenvalue weighted by atomic mass is 79.9. The summed E-state index contributed by atoms with van der Waals surface area (Å²) in [6, 6.07) is 2.27. The number of nitro benzene ring substituents is 1. The molecule has 2 rings (SSSR count). The average molecular weight is 360 g/mol. The van der Waals surface area contributed by atoms with Gasteiger partial charge < -0.3 is 11.1 Å². The molecule has 1 amide bonds. The molecule has 1 aliphatic carbocycles. The fourth-order valence-corrected chi connectivity index (χ4v) is 2.89. The van der Waals surface area contributed by atoms with Crippen LogP contribution in [0.4, 0.5) is 15.8 Å². The molecule has 114 valence electrons. The first-order valence-corrected chi connectivity index (χ1v) is 7.37. The van der Waals surface area contributed by atoms with Crippen molar-refractivity contribution in [3.63, 3.8) is 0 Å². The number of hydrogen-bond donors (Lipinski definition) is 2. The minimum Gasteiger partial charge on any atom is -0.377 e. The quantitative estimate of drug-likeness (QED) is 0.637. The van der Waals surface area contributed by atoms with Gasteiger partial charge in [0.05, 0.1) is 15.5 Å². The molecule has 0 unspecified atom stereocenters. The zero-order valence-electron chi connectivity index (χ0n) is 11.1. The molecule has 0 saturated heterocycles. The van der Waals surface area contributed by atoms with Gasteiger partial charge in [-0.15, -0.1) is 0 Å². The molecule has 3 N–H and O–H groups in total. The second-order valence-electron chi connectivity index (χ2n) is 5.14. The minimum atomic E-state index is -0.676. The van der Waals surface area contributed by atoms with Crippen LogP contribution in [0.5, 0.6) is 0 Å². The van der Waals surface area contributed by atoms with Crippen molar-refractivity contribution in [1.82, 2.24) is 0 Å². The van der Waals surface area contributed by atoms with E-state index in [0.717, 1.165) is 6.07 Å². The van der Waals surface area contributed by atoms with Gasteiger partial charge in [0.15, 0.2) is 0 Å². The van der Waals surface area contributed by atoms with Crippen LogP contribution in [-0.4, -0.2) is 16.9 Å². The number of hydrogen-bond acceptors (Lipinski definition) is 4. The smallest absolute Gasteiger partial charge is 0.295 e. The highest BCUT2D eigenvalue weighted by Crippen LogP contribution is 2.33. The van der Waals surface area contributed by atoms with Crippen LogP contribution in [-0.2, 0) is 4.79 Å². The van der Waals surface area contributed by atoms with E-state index in [1.165, 1.54) is 6.07 Å². The van der Waals surface area contributed by atoms with Crippen molar-refractivity contribution in [1.29, 1.82) is 0 Å². The molecule has 1 aromatic carbocycles. The van der Waals surface area contributed by atoms with E-state index in [-0.39, 0.29) is 33.7 Å². The van der Waals surface area contributed by atoms with Crippen LogP contribution >= 0.6 is 15.9 Å². The van der Waals surface area contributed by atoms with Gasteiger partial charge in [0, 0.05) is 12.0 Å². The van der Waals surface area contributed by atoms with Crippen LogP contribution in [0, 0.1) is 21.8 Å². The van der Waals surface area contributed by atoms with E-state index in [0.29, 0.717) is 25.7 Å². The number of anilines is 1. The number of nitrogens with one attached hydrogen (secondary N) is 1. The van der Waals surface area contributed by atoms with Gasteiger partial charge in [-0.3, -0.25) is 14.9 Å². The molecule has 1 saturated carbocycles. The highest BCUT2D eigenvalue weighted by molar-refractivity contribution is 9.10. The molecule has 0 aromatic heterocycles. The Labute approximate surface area is 129 Å². The molecule has 0 spiro atoms. The number of nitrogens with zero attached hydrogens (tertiary/aromatic N) is 1. The summed E-state index contributed by atoms with van der Waals surface area (Å²) in [5.74, 6) is -1.10. The van der Waals surface area contributed by atoms with E-state index in [2.05, 4.69) is 21.2 Å². The molecule has 1 aliphatic rings. The number of carbonyl (C=O) groups excluding carboxylic acids is 1. The summed E-state index contributed by atoms with van der Waals surface area (Å²) >= 11 is 3.02. The fraction of sp³-hybridized carbons (Fsp3) is 0.462. The lowest BCUT2D eigenvalue weighted by Crippen LogP contribution is -2.32. The maximum Gasteiger partial charge on any atom is 0.295 e. The summed E-state index contributed by atoms with van der Waals surface area (Å²) in [5.41, 5.74) is 5.24. The fourth-order valence-electron chi connectivity index (χ4n) is 2.55. The lowest BCUT2D eigenvalue weighted by Gasteiger charge is -2.28. The maximum atomic E-state index is 13.4. The van der Waals surface area contributed by atoms with Gasteiger partial charge in [0.25, 0.3) is 5.69 Å². The topological polar surface area (TPSA) is 98.3 Å². The van der Waals surface area contributed by atoms with Crippen molar-refractivity contribution < 1.29 is 14.1 Å². The number of halogens is 2. The van der Waals surface area contributed by atoms with Gasteiger partial charge in [-0.1, -0.05) is 0 Å². The van der Waals surface area contributed by atoms with E-state index < -0.39 is 10.7 Å². The molecule has 1 aromatic rings. The second kappa shape index (κ2) is 6.38. The molecule has 0 aliphatic heterocycles. The SMILES string of the molecule is NC(=O)C1CCC(Nc2cc(Br)c(F)cc2[N+](=O)[O-])CC1. The van der Waals surface area contributed by atoms with Crippen LogP contribution in [0.15, 0.2) is 16.6 Å². The Balaban J connectivity index is 2.11. The lowest BCUT2D eigenvalue weighted by atomic mass is 9.85. The Kier molecular flexibility index (Phi) is 4.76. The van der Waals surface area contributed by atoms with Crippen molar-refractivity contribution >= 4 is 33.2 Å². The van der Waals surface area contributed by atoms with E-state index in [9.17, 15) is 19.3 Å². The predicted molar refractivity (Wildman–Crippen MR) is 79.3 cm³/mol. The van der Waals surface area contributed by atoms with Crippen LogP contribution in [0.3, 0.4) is 0 Å². The predicted octanol–water partition coefficient (Wildman–Crippen LogP) is 2.95. The Morgan fingerprint density at radius 2 is 2.00 bits per heavy atom. The Morgan fingerprint density at radius 3 is 2.52 bits per heavy atom. The van der Waals surface area contributed by atoms with E-state index >= 15 is 0 Å². The monoisotopic (exact) mass is 359 g/mol. The van der Waals surface area contributed by atoms with Gasteiger partial charge in [-0.05, 0) is 47.7 Å². The summed E-state index contributed by atoms with van der Waals surface area (Å²) in [6.45, 7) is 0. The molecule has 0 atom stereocenters. The molecular formula is C13H15BrFN3O3. The number of carbonyl (C=O) groups is 1. The zero-order valence-corrected chi connectivity index (χ0v) is 12.7. The van der Waals surface area contributed by atoms with Crippen LogP contribution in [0.25, 0.3) is 0 Å². The number of benzene rings is 1. The highest BCUT2D eigenvalue weighted by Gasteiger charge is 2.26. The molecule has 21 heavy (non-hydrogen) atoms. The molecule has 6 nitrogen and oxygen atoms in total. The van der Waals surface area contributed by atoms with Crippen molar-refractivity contribution in [3.05, 3.63) is 32.5 Å². The van der Waals surface area contributed by atoms with Crippen LogP contribution in [0.1, 0.15) is 25.7 Å². The van der Waals surface area contributed by atoms with Crippen molar-refractivity contribution in [2.75, 3.05) is 5.32 Å². The second-order valence-corrected chi connectivity index (χ2v) is 5.99. The Morgan fingerprint density at radius 1 is 1.38 bits per heavy atom. The van der Waals surface area contributed by atoms with Crippen LogP contribution in [0.2, 0.25) is 0 Å².